The summed E-state index contributed by atoms with van der Waals surface area (Å²) in [5.41, 5.74) is 3.62. The summed E-state index contributed by atoms with van der Waals surface area (Å²) in [7, 11) is 2.96. The number of allylic oxidation sites excluding steroid dienone is 3. The minimum Gasteiger partial charge on any atom is -0.497 e. The Morgan fingerprint density at radius 3 is 2.31 bits per heavy atom. The molecule has 0 saturated carbocycles. The average molecular weight is 472 g/mol. The fraction of sp³-hybridized carbons (Fsp3) is 0.280. The molecule has 0 spiro atoms. The summed E-state index contributed by atoms with van der Waals surface area (Å²) in [5.74, 6) is -0.808. The minimum absolute atomic E-state index is 0.0424. The topological polar surface area (TPSA) is 64.6 Å². The number of hydrogen-bond donors (Lipinski definition) is 1. The number of rotatable bonds is 4. The van der Waals surface area contributed by atoms with Gasteiger partial charge in [-0.1, -0.05) is 47.5 Å². The van der Waals surface area contributed by atoms with Crippen LogP contribution in [0.5, 0.6) is 5.75 Å². The van der Waals surface area contributed by atoms with Crippen molar-refractivity contribution in [1.29, 1.82) is 0 Å². The maximum absolute atomic E-state index is 13.5. The van der Waals surface area contributed by atoms with Gasteiger partial charge >= 0.3 is 5.97 Å². The molecule has 2 aliphatic rings. The van der Waals surface area contributed by atoms with Crippen molar-refractivity contribution in [2.75, 3.05) is 14.2 Å². The molecule has 4 rings (SSSR count). The van der Waals surface area contributed by atoms with Crippen molar-refractivity contribution in [2.24, 2.45) is 5.92 Å². The van der Waals surface area contributed by atoms with Crippen LogP contribution < -0.4 is 10.1 Å². The summed E-state index contributed by atoms with van der Waals surface area (Å²) in [6.45, 7) is 1.81. The highest BCUT2D eigenvalue weighted by Gasteiger charge is 2.45. The maximum atomic E-state index is 13.5. The Morgan fingerprint density at radius 2 is 1.69 bits per heavy atom. The zero-order valence-electron chi connectivity index (χ0n) is 17.9. The van der Waals surface area contributed by atoms with E-state index in [-0.39, 0.29) is 11.7 Å². The molecule has 0 fully saturated rings. The number of carbonyl (C=O) groups excluding carboxylic acids is 2. The predicted molar refractivity (Wildman–Crippen MR) is 124 cm³/mol. The molecule has 1 aliphatic heterocycles. The summed E-state index contributed by atoms with van der Waals surface area (Å²) < 4.78 is 10.3. The van der Waals surface area contributed by atoms with Crippen molar-refractivity contribution in [3.05, 3.63) is 86.7 Å². The van der Waals surface area contributed by atoms with Crippen LogP contribution in [0.2, 0.25) is 10.0 Å². The van der Waals surface area contributed by atoms with E-state index in [1.54, 1.807) is 25.3 Å². The second-order valence-corrected chi connectivity index (χ2v) is 8.77. The molecule has 0 radical (unpaired) electrons. The van der Waals surface area contributed by atoms with Gasteiger partial charge < -0.3 is 14.8 Å². The number of halogens is 2. The van der Waals surface area contributed by atoms with Crippen LogP contribution in [0.4, 0.5) is 0 Å². The standard InChI is InChI=1S/C25H23Cl2NO4/c1-13-22(25(30)32-3)23(15-6-9-18(26)19(27)10-15)24-20(28-13)11-16(12-21(24)29)14-4-7-17(31-2)8-5-14/h4-11,16,23-24,28H,12H2,1-3H3. The molecular formula is C25H23Cl2NO4. The van der Waals surface area contributed by atoms with Gasteiger partial charge in [-0.25, -0.2) is 4.79 Å². The molecule has 3 atom stereocenters. The van der Waals surface area contributed by atoms with E-state index in [9.17, 15) is 9.59 Å². The number of hydrogen-bond acceptors (Lipinski definition) is 5. The lowest BCUT2D eigenvalue weighted by Crippen LogP contribution is -2.41. The van der Waals surface area contributed by atoms with E-state index in [1.807, 2.05) is 31.2 Å². The number of benzene rings is 2. The first kappa shape index (κ1) is 22.4. The van der Waals surface area contributed by atoms with Crippen LogP contribution in [-0.4, -0.2) is 26.0 Å². The second kappa shape index (κ2) is 9.00. The Morgan fingerprint density at radius 1 is 1.00 bits per heavy atom. The summed E-state index contributed by atoms with van der Waals surface area (Å²) in [5, 5.41) is 4.08. The highest BCUT2D eigenvalue weighted by molar-refractivity contribution is 6.42. The minimum atomic E-state index is -0.542. The third-order valence-electron chi connectivity index (χ3n) is 6.12. The van der Waals surface area contributed by atoms with Gasteiger partial charge in [-0.3, -0.25) is 4.79 Å². The Hall–Kier alpha value is -2.76. The Balaban J connectivity index is 1.81. The molecule has 2 aromatic rings. The number of nitrogens with one attached hydrogen (secondary N) is 1. The molecule has 32 heavy (non-hydrogen) atoms. The van der Waals surface area contributed by atoms with E-state index in [4.69, 9.17) is 32.7 Å². The number of ether oxygens (including phenoxy) is 2. The van der Waals surface area contributed by atoms with Crippen LogP contribution in [0, 0.1) is 5.92 Å². The normalized spacial score (nSPS) is 22.6. The van der Waals surface area contributed by atoms with E-state index in [0.717, 1.165) is 22.6 Å². The quantitative estimate of drug-likeness (QED) is 0.605. The predicted octanol–water partition coefficient (Wildman–Crippen LogP) is 5.39. The summed E-state index contributed by atoms with van der Waals surface area (Å²) >= 11 is 12.4. The molecule has 1 heterocycles. The van der Waals surface area contributed by atoms with Crippen molar-refractivity contribution in [2.45, 2.75) is 25.2 Å². The monoisotopic (exact) mass is 471 g/mol. The molecule has 2 aromatic carbocycles. The van der Waals surface area contributed by atoms with Crippen LogP contribution in [-0.2, 0) is 14.3 Å². The number of methoxy groups -OCH3 is 2. The zero-order chi connectivity index (χ0) is 23.0. The van der Waals surface area contributed by atoms with Gasteiger partial charge in [0.1, 0.15) is 11.5 Å². The third-order valence-corrected chi connectivity index (χ3v) is 6.86. The van der Waals surface area contributed by atoms with Gasteiger partial charge in [-0.05, 0) is 42.3 Å². The van der Waals surface area contributed by atoms with Gasteiger partial charge in [0.05, 0.1) is 35.8 Å². The van der Waals surface area contributed by atoms with Gasteiger partial charge in [-0.15, -0.1) is 0 Å². The van der Waals surface area contributed by atoms with E-state index < -0.39 is 17.8 Å². The number of esters is 1. The smallest absolute Gasteiger partial charge is 0.336 e. The van der Waals surface area contributed by atoms with Crippen molar-refractivity contribution in [1.82, 2.24) is 5.32 Å². The van der Waals surface area contributed by atoms with Gasteiger partial charge in [0.2, 0.25) is 0 Å². The Kier molecular flexibility index (Phi) is 6.31. The highest BCUT2D eigenvalue weighted by Crippen LogP contribution is 2.47. The first-order chi connectivity index (χ1) is 15.3. The van der Waals surface area contributed by atoms with Crippen molar-refractivity contribution >= 4 is 35.0 Å². The lowest BCUT2D eigenvalue weighted by atomic mass is 9.68. The molecule has 0 saturated heterocycles. The number of fused-ring (bicyclic) bond motifs is 1. The lowest BCUT2D eigenvalue weighted by Gasteiger charge is -2.39. The molecule has 0 amide bonds. The number of carbonyl (C=O) groups is 2. The summed E-state index contributed by atoms with van der Waals surface area (Å²) in [6, 6.07) is 12.9. The van der Waals surface area contributed by atoms with Crippen LogP contribution >= 0.6 is 23.2 Å². The van der Waals surface area contributed by atoms with Crippen molar-refractivity contribution < 1.29 is 19.1 Å². The molecular weight excluding hydrogens is 449 g/mol. The second-order valence-electron chi connectivity index (χ2n) is 7.96. The van der Waals surface area contributed by atoms with Crippen molar-refractivity contribution in [3.63, 3.8) is 0 Å². The van der Waals surface area contributed by atoms with E-state index >= 15 is 0 Å². The summed E-state index contributed by atoms with van der Waals surface area (Å²) in [6.07, 6.45) is 2.41. The molecule has 0 aromatic heterocycles. The first-order valence-electron chi connectivity index (χ1n) is 10.2. The summed E-state index contributed by atoms with van der Waals surface area (Å²) in [4.78, 5) is 26.2. The number of ketones is 1. The van der Waals surface area contributed by atoms with Gasteiger partial charge in [0.25, 0.3) is 0 Å². The van der Waals surface area contributed by atoms with Crippen LogP contribution in [0.3, 0.4) is 0 Å². The SMILES string of the molecule is COC(=O)C1=C(C)NC2=CC(c3ccc(OC)cc3)CC(=O)C2C1c1ccc(Cl)c(Cl)c1. The maximum Gasteiger partial charge on any atom is 0.336 e. The van der Waals surface area contributed by atoms with Crippen molar-refractivity contribution in [3.8, 4) is 5.75 Å². The molecule has 1 aliphatic carbocycles. The Bertz CT molecular complexity index is 1140. The highest BCUT2D eigenvalue weighted by atomic mass is 35.5. The molecule has 7 heteroatoms. The largest absolute Gasteiger partial charge is 0.497 e. The van der Waals surface area contributed by atoms with E-state index in [0.29, 0.717) is 27.7 Å². The molecule has 0 bridgehead atoms. The molecule has 166 valence electrons. The molecule has 5 nitrogen and oxygen atoms in total. The van der Waals surface area contributed by atoms with Gasteiger partial charge in [0.15, 0.2) is 0 Å². The first-order valence-corrected chi connectivity index (χ1v) is 11.0. The van der Waals surface area contributed by atoms with Crippen LogP contribution in [0.15, 0.2) is 65.5 Å². The lowest BCUT2D eigenvalue weighted by molar-refractivity contribution is -0.136. The molecule has 3 unspecified atom stereocenters. The van der Waals surface area contributed by atoms with Gasteiger partial charge in [-0.2, -0.15) is 0 Å². The Labute approximate surface area is 197 Å². The zero-order valence-corrected chi connectivity index (χ0v) is 19.5. The van der Waals surface area contributed by atoms with Gasteiger partial charge in [0, 0.05) is 29.7 Å². The fourth-order valence-electron chi connectivity index (χ4n) is 4.59. The van der Waals surface area contributed by atoms with E-state index in [2.05, 4.69) is 11.4 Å². The van der Waals surface area contributed by atoms with E-state index in [1.165, 1.54) is 7.11 Å². The van der Waals surface area contributed by atoms with Crippen LogP contribution in [0.1, 0.15) is 36.3 Å². The third kappa shape index (κ3) is 4.03. The average Bonchev–Trinajstić information content (AvgIpc) is 2.79. The van der Waals surface area contributed by atoms with Crippen LogP contribution in [0.25, 0.3) is 0 Å². The fourth-order valence-corrected chi connectivity index (χ4v) is 4.89. The number of Topliss-reactive ketones (excluding diaryl/α,β-unsaturated/α-hetero) is 1. The molecule has 1 N–H and O–H groups in total.